The van der Waals surface area contributed by atoms with Crippen LogP contribution in [0.1, 0.15) is 43.5 Å². The monoisotopic (exact) mass is 363 g/mol. The number of carbonyl (C=O) groups is 1. The molecule has 2 rings (SSSR count). The summed E-state index contributed by atoms with van der Waals surface area (Å²) < 4.78 is 0. The number of aryl methyl sites for hydroxylation is 1. The van der Waals surface area contributed by atoms with Gasteiger partial charge in [-0.1, -0.05) is 74.3 Å². The van der Waals surface area contributed by atoms with E-state index in [1.165, 1.54) is 5.56 Å². The molecule has 2 aromatic rings. The lowest BCUT2D eigenvalue weighted by Gasteiger charge is -2.23. The van der Waals surface area contributed by atoms with Gasteiger partial charge in [0.05, 0.1) is 12.5 Å². The summed E-state index contributed by atoms with van der Waals surface area (Å²) in [5.41, 5.74) is 3.07. The summed E-state index contributed by atoms with van der Waals surface area (Å²) in [4.78, 5) is 12.5. The molecule has 0 saturated carbocycles. The molecule has 0 radical (unpaired) electrons. The molecule has 1 N–H and O–H groups in total. The maximum Gasteiger partial charge on any atom is 0.225 e. The van der Waals surface area contributed by atoms with Gasteiger partial charge in [0.2, 0.25) is 5.91 Å². The molecular weight excluding hydrogens is 341 g/mol. The first-order valence-corrected chi connectivity index (χ1v) is 8.99. The van der Waals surface area contributed by atoms with Gasteiger partial charge in [0.15, 0.2) is 0 Å². The molecular formula is C20H23Cl2NO. The highest BCUT2D eigenvalue weighted by atomic mass is 35.5. The Hall–Kier alpha value is -1.51. The van der Waals surface area contributed by atoms with E-state index in [9.17, 15) is 4.79 Å². The van der Waals surface area contributed by atoms with Gasteiger partial charge in [0.25, 0.3) is 0 Å². The third-order valence-electron chi connectivity index (χ3n) is 4.13. The quantitative estimate of drug-likeness (QED) is 0.709. The highest BCUT2D eigenvalue weighted by Gasteiger charge is 2.19. The van der Waals surface area contributed by atoms with Crippen LogP contribution >= 0.6 is 23.2 Å². The first-order valence-electron chi connectivity index (χ1n) is 8.23. The van der Waals surface area contributed by atoms with Crippen molar-refractivity contribution in [2.24, 2.45) is 5.92 Å². The lowest BCUT2D eigenvalue weighted by atomic mass is 9.94. The van der Waals surface area contributed by atoms with Gasteiger partial charge in [0, 0.05) is 10.0 Å². The molecule has 0 saturated heterocycles. The van der Waals surface area contributed by atoms with Crippen LogP contribution in [0.25, 0.3) is 0 Å². The Kier molecular flexibility index (Phi) is 6.70. The van der Waals surface area contributed by atoms with Gasteiger partial charge in [-0.2, -0.15) is 0 Å². The molecule has 128 valence electrons. The van der Waals surface area contributed by atoms with Gasteiger partial charge >= 0.3 is 0 Å². The molecule has 0 aliphatic rings. The first kappa shape index (κ1) is 18.8. The minimum absolute atomic E-state index is 0.0373. The molecule has 0 spiro atoms. The molecule has 2 aromatic carbocycles. The van der Waals surface area contributed by atoms with Crippen LogP contribution in [-0.4, -0.2) is 5.91 Å². The highest BCUT2D eigenvalue weighted by molar-refractivity contribution is 6.36. The molecule has 1 amide bonds. The topological polar surface area (TPSA) is 29.1 Å². The van der Waals surface area contributed by atoms with E-state index in [0.29, 0.717) is 15.6 Å². The molecule has 0 unspecified atom stereocenters. The molecule has 1 atom stereocenters. The second kappa shape index (κ2) is 8.55. The minimum Gasteiger partial charge on any atom is -0.349 e. The zero-order valence-corrected chi connectivity index (χ0v) is 15.8. The van der Waals surface area contributed by atoms with Crippen LogP contribution in [0.3, 0.4) is 0 Å². The molecule has 0 bridgehead atoms. The maximum atomic E-state index is 12.5. The van der Waals surface area contributed by atoms with Crippen LogP contribution in [0.4, 0.5) is 0 Å². The molecule has 0 aliphatic heterocycles. The van der Waals surface area contributed by atoms with Crippen LogP contribution < -0.4 is 5.32 Å². The zero-order chi connectivity index (χ0) is 17.7. The third kappa shape index (κ3) is 4.75. The van der Waals surface area contributed by atoms with Gasteiger partial charge < -0.3 is 5.32 Å². The predicted molar refractivity (Wildman–Crippen MR) is 102 cm³/mol. The SMILES string of the molecule is CCc1ccc([C@@H](NC(=O)Cc2c(Cl)cccc2Cl)C(C)C)cc1. The van der Waals surface area contributed by atoms with Crippen LogP contribution in [-0.2, 0) is 17.6 Å². The Morgan fingerprint density at radius 2 is 1.62 bits per heavy atom. The van der Waals surface area contributed by atoms with Crippen molar-refractivity contribution >= 4 is 29.1 Å². The fourth-order valence-electron chi connectivity index (χ4n) is 2.68. The van der Waals surface area contributed by atoms with Crippen molar-refractivity contribution in [3.05, 3.63) is 69.2 Å². The zero-order valence-electron chi connectivity index (χ0n) is 14.3. The highest BCUT2D eigenvalue weighted by Crippen LogP contribution is 2.26. The smallest absolute Gasteiger partial charge is 0.225 e. The van der Waals surface area contributed by atoms with Crippen molar-refractivity contribution in [2.75, 3.05) is 0 Å². The Balaban J connectivity index is 2.13. The average molecular weight is 364 g/mol. The number of benzene rings is 2. The summed E-state index contributed by atoms with van der Waals surface area (Å²) >= 11 is 12.3. The summed E-state index contributed by atoms with van der Waals surface area (Å²) in [6.45, 7) is 6.33. The fourth-order valence-corrected chi connectivity index (χ4v) is 3.21. The Bertz CT molecular complexity index is 675. The van der Waals surface area contributed by atoms with E-state index in [1.807, 2.05) is 0 Å². The summed E-state index contributed by atoms with van der Waals surface area (Å²) in [5, 5.41) is 4.16. The fraction of sp³-hybridized carbons (Fsp3) is 0.350. The molecule has 0 heterocycles. The normalized spacial score (nSPS) is 12.2. The lowest BCUT2D eigenvalue weighted by molar-refractivity contribution is -0.121. The van der Waals surface area contributed by atoms with E-state index >= 15 is 0 Å². The van der Waals surface area contributed by atoms with Crippen molar-refractivity contribution in [1.29, 1.82) is 0 Å². The first-order chi connectivity index (χ1) is 11.4. The lowest BCUT2D eigenvalue weighted by Crippen LogP contribution is -2.33. The second-order valence-corrected chi connectivity index (χ2v) is 7.08. The summed E-state index contributed by atoms with van der Waals surface area (Å²) in [6, 6.07) is 13.6. The third-order valence-corrected chi connectivity index (χ3v) is 4.84. The number of hydrogen-bond donors (Lipinski definition) is 1. The van der Waals surface area contributed by atoms with E-state index in [2.05, 4.69) is 50.4 Å². The van der Waals surface area contributed by atoms with Crippen molar-refractivity contribution < 1.29 is 4.79 Å². The number of halogens is 2. The number of hydrogen-bond acceptors (Lipinski definition) is 1. The van der Waals surface area contributed by atoms with Crippen molar-refractivity contribution in [3.63, 3.8) is 0 Å². The summed E-state index contributed by atoms with van der Waals surface area (Å²) in [5.74, 6) is 0.200. The van der Waals surface area contributed by atoms with E-state index in [1.54, 1.807) is 18.2 Å². The molecule has 24 heavy (non-hydrogen) atoms. The number of amides is 1. The van der Waals surface area contributed by atoms with Crippen molar-refractivity contribution in [1.82, 2.24) is 5.32 Å². The van der Waals surface area contributed by atoms with Gasteiger partial charge in [-0.05, 0) is 41.2 Å². The average Bonchev–Trinajstić information content (AvgIpc) is 2.56. The molecule has 0 aliphatic carbocycles. The van der Waals surface area contributed by atoms with Crippen molar-refractivity contribution in [3.8, 4) is 0 Å². The molecule has 4 heteroatoms. The largest absolute Gasteiger partial charge is 0.349 e. The van der Waals surface area contributed by atoms with Gasteiger partial charge in [-0.3, -0.25) is 4.79 Å². The Labute approximate surface area is 154 Å². The Morgan fingerprint density at radius 3 is 2.12 bits per heavy atom. The van der Waals surface area contributed by atoms with E-state index in [-0.39, 0.29) is 24.3 Å². The van der Waals surface area contributed by atoms with Gasteiger partial charge in [-0.15, -0.1) is 0 Å². The second-order valence-electron chi connectivity index (χ2n) is 6.26. The summed E-state index contributed by atoms with van der Waals surface area (Å²) in [7, 11) is 0. The van der Waals surface area contributed by atoms with Crippen LogP contribution in [0, 0.1) is 5.92 Å². The van der Waals surface area contributed by atoms with E-state index in [0.717, 1.165) is 12.0 Å². The standard InChI is InChI=1S/C20H23Cl2NO/c1-4-14-8-10-15(11-9-14)20(13(2)3)23-19(24)12-16-17(21)6-5-7-18(16)22/h5-11,13,20H,4,12H2,1-3H3,(H,23,24)/t20-/m0/s1. The number of nitrogens with one attached hydrogen (secondary N) is 1. The molecule has 0 aromatic heterocycles. The van der Waals surface area contributed by atoms with E-state index < -0.39 is 0 Å². The van der Waals surface area contributed by atoms with Gasteiger partial charge in [0.1, 0.15) is 0 Å². The van der Waals surface area contributed by atoms with Crippen LogP contribution in [0.15, 0.2) is 42.5 Å². The Morgan fingerprint density at radius 1 is 1.04 bits per heavy atom. The van der Waals surface area contributed by atoms with Crippen molar-refractivity contribution in [2.45, 2.75) is 39.7 Å². The van der Waals surface area contributed by atoms with Crippen LogP contribution in [0.2, 0.25) is 10.0 Å². The van der Waals surface area contributed by atoms with Crippen LogP contribution in [0.5, 0.6) is 0 Å². The summed E-state index contributed by atoms with van der Waals surface area (Å²) in [6.07, 6.45) is 1.18. The minimum atomic E-state index is -0.0803. The van der Waals surface area contributed by atoms with Gasteiger partial charge in [-0.25, -0.2) is 0 Å². The number of rotatable bonds is 6. The maximum absolute atomic E-state index is 12.5. The predicted octanol–water partition coefficient (Wildman–Crippen LogP) is 5.61. The number of carbonyl (C=O) groups excluding carboxylic acids is 1. The molecule has 2 nitrogen and oxygen atoms in total. The van der Waals surface area contributed by atoms with E-state index in [4.69, 9.17) is 23.2 Å². The molecule has 0 fully saturated rings.